The number of aliphatic hydroxyl groups is 4. The van der Waals surface area contributed by atoms with Gasteiger partial charge in [0.1, 0.15) is 11.0 Å². The molecule has 0 aliphatic heterocycles. The van der Waals surface area contributed by atoms with Crippen LogP contribution in [0.4, 0.5) is 0 Å². The van der Waals surface area contributed by atoms with Crippen molar-refractivity contribution in [1.82, 2.24) is 0 Å². The zero-order chi connectivity index (χ0) is 35.4. The Hall–Kier alpha value is 0.514. The maximum atomic E-state index is 11.8. The van der Waals surface area contributed by atoms with Crippen LogP contribution in [0.15, 0.2) is 36.2 Å². The van der Waals surface area contributed by atoms with Crippen LogP contribution in [0.2, 0.25) is 0 Å². The Bertz CT molecular complexity index is 1020. The molecule has 260 valence electrons. The van der Waals surface area contributed by atoms with E-state index < -0.39 is 22.0 Å². The fraction of sp³-hybridized carbons (Fsp3) is 0.643. The molecule has 2 atom stereocenters. The molecular weight excluding hydrogens is 812 g/mol. The van der Waals surface area contributed by atoms with Gasteiger partial charge in [0.2, 0.25) is 0 Å². The number of nitrogens with zero attached hydrogens (tertiary/aromatic N) is 1. The van der Waals surface area contributed by atoms with Crippen LogP contribution in [-0.4, -0.2) is 76.3 Å². The van der Waals surface area contributed by atoms with Gasteiger partial charge in [-0.15, -0.1) is 22.7 Å². The fourth-order valence-corrected chi connectivity index (χ4v) is 4.69. The molecule has 2 unspecified atom stereocenters. The maximum absolute atomic E-state index is 11.8. The number of halogens is 2. The van der Waals surface area contributed by atoms with E-state index in [0.29, 0.717) is 0 Å². The zero-order valence-corrected chi connectivity index (χ0v) is 36.1. The van der Waals surface area contributed by atoms with Crippen LogP contribution < -0.4 is 5.14 Å². The normalized spacial score (nSPS) is 11.5. The van der Waals surface area contributed by atoms with E-state index >= 15 is 0 Å². The number of nitrogens with two attached hydrogens (primary N) is 1. The summed E-state index contributed by atoms with van der Waals surface area (Å²) < 4.78 is 27.8. The molecule has 0 radical (unpaired) electrons. The molecule has 0 saturated heterocycles. The number of Topliss-reactive ketones (excluding diaryl/α,β-unsaturated/α-hetero) is 1. The third kappa shape index (κ3) is 40.5. The summed E-state index contributed by atoms with van der Waals surface area (Å²) in [5.41, 5.74) is 0.832. The largest absolute Gasteiger partial charge is 0.397 e. The van der Waals surface area contributed by atoms with Crippen LogP contribution in [0.5, 0.6) is 0 Å². The Morgan fingerprint density at radius 1 is 0.773 bits per heavy atom. The number of thiophene rings is 2. The van der Waals surface area contributed by atoms with Crippen molar-refractivity contribution in [3.63, 3.8) is 0 Å². The van der Waals surface area contributed by atoms with E-state index in [1.807, 2.05) is 71.4 Å². The van der Waals surface area contributed by atoms with Gasteiger partial charge in [0.25, 0.3) is 0 Å². The van der Waals surface area contributed by atoms with Crippen molar-refractivity contribution in [2.24, 2.45) is 9.54 Å². The van der Waals surface area contributed by atoms with Gasteiger partial charge in [-0.1, -0.05) is 0 Å². The van der Waals surface area contributed by atoms with Gasteiger partial charge < -0.3 is 20.4 Å². The van der Waals surface area contributed by atoms with E-state index in [1.54, 1.807) is 46.0 Å². The Labute approximate surface area is 310 Å². The molecule has 2 heterocycles. The summed E-state index contributed by atoms with van der Waals surface area (Å²) >= 11 is 9.70. The molecule has 0 bridgehead atoms. The van der Waals surface area contributed by atoms with Crippen molar-refractivity contribution in [1.29, 1.82) is 0 Å². The molecule has 0 saturated carbocycles. The number of hydrogen-bond acceptors (Lipinski definition) is 9. The van der Waals surface area contributed by atoms with Gasteiger partial charge in [0.15, 0.2) is 5.78 Å². The van der Waals surface area contributed by atoms with E-state index in [1.165, 1.54) is 11.3 Å². The first kappa shape index (κ1) is 56.8. The van der Waals surface area contributed by atoms with Gasteiger partial charge in [-0.3, -0.25) is 9.93 Å². The summed E-state index contributed by atoms with van der Waals surface area (Å²) in [6.45, 7) is 22.5. The van der Waals surface area contributed by atoms with Crippen molar-refractivity contribution in [2.75, 3.05) is 26.4 Å². The first-order chi connectivity index (χ1) is 19.6. The van der Waals surface area contributed by atoms with Crippen molar-refractivity contribution in [3.05, 3.63) is 41.6 Å². The summed E-state index contributed by atoms with van der Waals surface area (Å²) in [6, 6.07) is 3.82. The molecule has 2 rings (SSSR count). The van der Waals surface area contributed by atoms with E-state index in [9.17, 15) is 13.2 Å². The molecule has 0 fully saturated rings. The second-order valence-electron chi connectivity index (χ2n) is 9.53. The number of hydrogen-bond donors (Lipinski definition) is 5. The third-order valence-corrected chi connectivity index (χ3v) is 9.47. The number of rotatable bonds is 3. The average molecular weight is 867 g/mol. The summed E-state index contributed by atoms with van der Waals surface area (Å²) in [7, 11) is -2.36. The van der Waals surface area contributed by atoms with Gasteiger partial charge in [-0.05, 0) is 127 Å². The second kappa shape index (κ2) is 34.8. The predicted octanol–water partition coefficient (Wildman–Crippen LogP) is 6.89. The van der Waals surface area contributed by atoms with Gasteiger partial charge in [0.05, 0.1) is 35.9 Å². The first-order valence-corrected chi connectivity index (χ1v) is 18.8. The molecule has 2 aromatic rings. The monoisotopic (exact) mass is 864 g/mol. The van der Waals surface area contributed by atoms with Gasteiger partial charge in [-0.25, -0.2) is 8.42 Å². The van der Waals surface area contributed by atoms with Crippen LogP contribution >= 0.6 is 54.5 Å². The van der Waals surface area contributed by atoms with Crippen LogP contribution in [0.1, 0.15) is 97.6 Å². The number of carbonyl (C=O) groups excluding carboxylic acids is 1. The van der Waals surface area contributed by atoms with Crippen LogP contribution in [-0.2, 0) is 43.7 Å². The molecule has 0 spiro atoms. The van der Waals surface area contributed by atoms with Crippen molar-refractivity contribution >= 4 is 88.0 Å². The van der Waals surface area contributed by atoms with Crippen LogP contribution in [0.25, 0.3) is 0 Å². The van der Waals surface area contributed by atoms with Crippen molar-refractivity contribution in [3.8, 4) is 0 Å². The Morgan fingerprint density at radius 2 is 1.05 bits per heavy atom. The quantitative estimate of drug-likeness (QED) is 0.127. The molecular formula is C28H54Br2N2O7S4Ti. The van der Waals surface area contributed by atoms with Crippen molar-refractivity contribution in [2.45, 2.75) is 92.6 Å². The van der Waals surface area contributed by atoms with Crippen molar-refractivity contribution < 1.29 is 55.4 Å². The van der Waals surface area contributed by atoms with Crippen LogP contribution in [0.3, 0.4) is 0 Å². The molecule has 0 aromatic carbocycles. The Kier molecular flexibility index (Phi) is 45.0. The number of aliphatic hydroxyl groups excluding tert-OH is 4. The molecule has 6 N–H and O–H groups in total. The van der Waals surface area contributed by atoms with E-state index in [0.717, 1.165) is 24.4 Å². The summed E-state index contributed by atoms with van der Waals surface area (Å²) in [5.74, 6) is 0.130. The number of carbonyl (C=O) groups is 1. The molecule has 2 aromatic heterocycles. The molecule has 9 nitrogen and oxygen atoms in total. The number of ketones is 1. The fourth-order valence-electron chi connectivity index (χ4n) is 1.31. The maximum Gasteiger partial charge on any atom is 0.169 e. The minimum absolute atomic E-state index is 0. The SMILES string of the molecule is CC(=NS(=O)C(C)(C)C)c1cc(Br)cs1.CC(=O)c1cc(Br)cs1.CC(C)(C)S(N)=O.CCO.CCO.CCO.CCO.[Ti]. The predicted molar refractivity (Wildman–Crippen MR) is 197 cm³/mol. The summed E-state index contributed by atoms with van der Waals surface area (Å²) in [6.07, 6.45) is 0. The second-order valence-corrected chi connectivity index (χ2v) is 16.9. The zero-order valence-electron chi connectivity index (χ0n) is 28.1. The average Bonchev–Trinajstić information content (AvgIpc) is 3.49. The van der Waals surface area contributed by atoms with E-state index in [4.69, 9.17) is 25.6 Å². The standard InChI is InChI=1S/C10H14BrNOS2.C6H5BrOS.C4H11NOS.4C2H6O.Ti/c1-7(9-5-8(11)6-14-9)12-15(13)10(2,3)4;1-4(8)6-2-5(7)3-9-6;1-4(2,3)7(5)6;4*1-2-3;/h5-6H,1-4H3;2-3H,1H3;5H2,1-3H3;4*3H,2H2,1H3;. The van der Waals surface area contributed by atoms with Gasteiger partial charge in [-0.2, -0.15) is 4.40 Å². The Morgan fingerprint density at radius 3 is 1.20 bits per heavy atom. The first-order valence-electron chi connectivity index (χ1n) is 13.2. The smallest absolute Gasteiger partial charge is 0.169 e. The summed E-state index contributed by atoms with van der Waals surface area (Å²) in [4.78, 5) is 12.5. The van der Waals surface area contributed by atoms with E-state index in [2.05, 4.69) is 36.3 Å². The summed E-state index contributed by atoms with van der Waals surface area (Å²) in [5, 5.41) is 39.2. The Balaban J connectivity index is -0.000000108. The van der Waals surface area contributed by atoms with Gasteiger partial charge in [0, 0.05) is 67.9 Å². The molecule has 44 heavy (non-hydrogen) atoms. The topological polar surface area (TPSA) is 171 Å². The third-order valence-electron chi connectivity index (χ3n) is 3.19. The molecule has 0 amide bonds. The van der Waals surface area contributed by atoms with Crippen LogP contribution in [0, 0.1) is 0 Å². The minimum atomic E-state index is -1.18. The molecule has 0 aliphatic rings. The van der Waals surface area contributed by atoms with E-state index in [-0.39, 0.29) is 63.4 Å². The molecule has 0 aliphatic carbocycles. The molecule has 16 heteroatoms. The van der Waals surface area contributed by atoms with Gasteiger partial charge >= 0.3 is 0 Å². The minimum Gasteiger partial charge on any atom is -0.397 e.